The van der Waals surface area contributed by atoms with Gasteiger partial charge in [-0.15, -0.1) is 0 Å². The molecule has 13 heteroatoms. The van der Waals surface area contributed by atoms with E-state index in [0.29, 0.717) is 5.39 Å². The molecule has 1 unspecified atom stereocenters. The minimum absolute atomic E-state index is 0.135. The normalized spacial score (nSPS) is 27.7. The molecule has 0 bridgehead atoms. The van der Waals surface area contributed by atoms with Crippen LogP contribution in [0.5, 0.6) is 5.75 Å². The van der Waals surface area contributed by atoms with Crippen molar-refractivity contribution in [2.45, 2.75) is 69.7 Å². The molecule has 1 aliphatic carbocycles. The van der Waals surface area contributed by atoms with Crippen LogP contribution in [-0.4, -0.2) is 62.4 Å². The number of nitrogens with one attached hydrogen (secondary N) is 1. The number of hydrogen-bond donors (Lipinski definition) is 3. The van der Waals surface area contributed by atoms with E-state index in [1.807, 2.05) is 18.2 Å². The second-order valence-electron chi connectivity index (χ2n) is 10.9. The Hall–Kier alpha value is -2.86. The number of hydrogen-bond acceptors (Lipinski definition) is 10. The number of fused-ring (bicyclic) bond motifs is 1. The molecule has 42 heavy (non-hydrogen) atoms. The molecule has 2 aliphatic rings. The number of rotatable bonds is 10. The summed E-state index contributed by atoms with van der Waals surface area (Å²) in [7, 11) is -4.57. The van der Waals surface area contributed by atoms with Gasteiger partial charge in [-0.3, -0.25) is 23.7 Å². The molecular weight excluding hydrogens is 583 g/mol. The van der Waals surface area contributed by atoms with Gasteiger partial charge in [-0.2, -0.15) is 0 Å². The number of carbonyl (C=O) groups excluding carboxylic acids is 1. The van der Waals surface area contributed by atoms with E-state index in [1.54, 1.807) is 24.3 Å². The summed E-state index contributed by atoms with van der Waals surface area (Å²) in [5, 5.41) is 23.6. The Morgan fingerprint density at radius 3 is 2.71 bits per heavy atom. The Kier molecular flexibility index (Phi) is 8.25. The van der Waals surface area contributed by atoms with Crippen LogP contribution in [0.3, 0.4) is 0 Å². The van der Waals surface area contributed by atoms with Gasteiger partial charge >= 0.3 is 13.6 Å². The van der Waals surface area contributed by atoms with Gasteiger partial charge in [-0.1, -0.05) is 43.3 Å². The van der Waals surface area contributed by atoms with Crippen LogP contribution in [0, 0.1) is 10.7 Å². The van der Waals surface area contributed by atoms with Gasteiger partial charge in [0.05, 0.1) is 21.4 Å². The average molecular weight is 621 g/mol. The first-order valence-corrected chi connectivity index (χ1v) is 15.9. The summed E-state index contributed by atoms with van der Waals surface area (Å²) in [6, 6.07) is 13.3. The second kappa shape index (κ2) is 12.4. The van der Waals surface area contributed by atoms with Crippen molar-refractivity contribution in [1.82, 2.24) is 9.55 Å². The van der Waals surface area contributed by atoms with Crippen molar-refractivity contribution in [3.8, 4) is 5.75 Å². The van der Waals surface area contributed by atoms with Crippen molar-refractivity contribution in [1.29, 1.82) is 0 Å². The van der Waals surface area contributed by atoms with E-state index in [9.17, 15) is 24.4 Å². The van der Waals surface area contributed by atoms with Gasteiger partial charge in [0, 0.05) is 17.6 Å². The lowest BCUT2D eigenvalue weighted by Gasteiger charge is -2.28. The molecule has 0 radical (unpaired) electrons. The van der Waals surface area contributed by atoms with Gasteiger partial charge in [0.2, 0.25) is 0 Å². The first-order valence-electron chi connectivity index (χ1n) is 14.8. The van der Waals surface area contributed by atoms with Crippen LogP contribution >= 0.6 is 19.8 Å². The Bertz CT molecular complexity index is 1690. The number of carbonyl (C=O) groups is 1. The SMILES string of the molecule is [2H]C([2H])(O[P@@](=O)(C[C@@H](C)C(=O)OC1CCCC1)Oc1cccc2ccccc12)[C@H]1O[C@@H](n2ccc(=O)[nH]c2=S)C(C)(O)[C@H]1O. The molecule has 226 valence electrons. The van der Waals surface area contributed by atoms with Gasteiger partial charge in [-0.25, -0.2) is 4.57 Å². The molecule has 2 heterocycles. The molecule has 6 atom stereocenters. The molecule has 0 amide bonds. The maximum absolute atomic E-state index is 14.5. The zero-order valence-corrected chi connectivity index (χ0v) is 24.9. The van der Waals surface area contributed by atoms with Crippen molar-refractivity contribution in [2.24, 2.45) is 5.92 Å². The predicted molar refractivity (Wildman–Crippen MR) is 157 cm³/mol. The van der Waals surface area contributed by atoms with Crippen molar-refractivity contribution in [3.63, 3.8) is 0 Å². The van der Waals surface area contributed by atoms with Crippen molar-refractivity contribution < 1.29 is 40.8 Å². The van der Waals surface area contributed by atoms with Crippen LogP contribution < -0.4 is 10.1 Å². The summed E-state index contributed by atoms with van der Waals surface area (Å²) in [5.41, 5.74) is -2.64. The Balaban J connectivity index is 1.45. The number of aromatic nitrogens is 2. The van der Waals surface area contributed by atoms with Crippen LogP contribution in [0.2, 0.25) is 0 Å². The van der Waals surface area contributed by atoms with Crippen LogP contribution in [-0.2, 0) is 23.4 Å². The molecule has 0 spiro atoms. The standard InChI is InChI=1S/C29H35N2O9PS/c1-18(26(34)38-20-10-4-5-11-20)17-41(36,40-22-13-7-9-19-8-3-6-12-21(19)22)37-16-23-25(33)29(2,35)27(39-23)31-15-14-24(32)30-28(31)42/h3,6-9,12-15,18,20,23,25,27,33,35H,4-5,10-11,16-17H2,1-2H3,(H,30,32,42)/t18-,23-,25+,27-,29?,41+/m1/s1/i16D2. The van der Waals surface area contributed by atoms with E-state index in [-0.39, 0.29) is 16.6 Å². The topological polar surface area (TPSA) is 149 Å². The number of aliphatic hydroxyl groups excluding tert-OH is 1. The van der Waals surface area contributed by atoms with E-state index in [0.717, 1.165) is 41.7 Å². The highest BCUT2D eigenvalue weighted by Crippen LogP contribution is 2.52. The van der Waals surface area contributed by atoms with Crippen LogP contribution in [0.4, 0.5) is 0 Å². The number of esters is 1. The van der Waals surface area contributed by atoms with E-state index in [1.165, 1.54) is 20.0 Å². The van der Waals surface area contributed by atoms with Crippen LogP contribution in [0.1, 0.15) is 48.5 Å². The monoisotopic (exact) mass is 620 g/mol. The Morgan fingerprint density at radius 1 is 1.26 bits per heavy atom. The number of ether oxygens (including phenoxy) is 2. The number of benzene rings is 2. The minimum atomic E-state index is -4.57. The summed E-state index contributed by atoms with van der Waals surface area (Å²) < 4.78 is 56.0. The van der Waals surface area contributed by atoms with Crippen molar-refractivity contribution >= 4 is 36.6 Å². The molecule has 3 N–H and O–H groups in total. The zero-order chi connectivity index (χ0) is 31.9. The van der Waals surface area contributed by atoms with Crippen molar-refractivity contribution in [3.05, 3.63) is 69.9 Å². The average Bonchev–Trinajstić information content (AvgIpc) is 3.54. The fraction of sp³-hybridized carbons (Fsp3) is 0.483. The Labute approximate surface area is 250 Å². The summed E-state index contributed by atoms with van der Waals surface area (Å²) in [4.78, 5) is 27.0. The molecule has 1 saturated carbocycles. The number of H-pyrrole nitrogens is 1. The third kappa shape index (κ3) is 6.54. The highest BCUT2D eigenvalue weighted by molar-refractivity contribution is 7.71. The van der Waals surface area contributed by atoms with Crippen LogP contribution in [0.15, 0.2) is 59.5 Å². The summed E-state index contributed by atoms with van der Waals surface area (Å²) in [5.74, 6) is -1.48. The molecule has 1 saturated heterocycles. The van der Waals surface area contributed by atoms with E-state index in [4.69, 9.17) is 33.5 Å². The predicted octanol–water partition coefficient (Wildman–Crippen LogP) is 4.48. The van der Waals surface area contributed by atoms with Crippen molar-refractivity contribution in [2.75, 3.05) is 12.7 Å². The largest absolute Gasteiger partial charge is 0.462 e. The number of nitrogens with zero attached hydrogens (tertiary/aromatic N) is 1. The third-order valence-electron chi connectivity index (χ3n) is 7.54. The smallest absolute Gasteiger partial charge is 0.380 e. The fourth-order valence-electron chi connectivity index (χ4n) is 5.20. The highest BCUT2D eigenvalue weighted by atomic mass is 32.1. The quantitative estimate of drug-likeness (QED) is 0.168. The minimum Gasteiger partial charge on any atom is -0.462 e. The summed E-state index contributed by atoms with van der Waals surface area (Å²) >= 11 is 5.17. The zero-order valence-electron chi connectivity index (χ0n) is 25.2. The molecule has 5 rings (SSSR count). The highest BCUT2D eigenvalue weighted by Gasteiger charge is 2.54. The van der Waals surface area contributed by atoms with Gasteiger partial charge in [0.15, 0.2) is 11.0 Å². The van der Waals surface area contributed by atoms with Gasteiger partial charge in [-0.05, 0) is 56.3 Å². The first-order chi connectivity index (χ1) is 20.7. The van der Waals surface area contributed by atoms with Gasteiger partial charge < -0.3 is 24.2 Å². The van der Waals surface area contributed by atoms with E-state index >= 15 is 0 Å². The van der Waals surface area contributed by atoms with E-state index < -0.39 is 61.8 Å². The maximum atomic E-state index is 14.5. The molecule has 1 aliphatic heterocycles. The summed E-state index contributed by atoms with van der Waals surface area (Å²) in [6.45, 7) is -0.328. The number of aliphatic hydroxyl groups is 2. The summed E-state index contributed by atoms with van der Waals surface area (Å²) in [6.07, 6.45) is -1.46. The van der Waals surface area contributed by atoms with E-state index in [2.05, 4.69) is 4.98 Å². The third-order valence-corrected chi connectivity index (χ3v) is 9.71. The van der Waals surface area contributed by atoms with Crippen LogP contribution in [0.25, 0.3) is 10.8 Å². The van der Waals surface area contributed by atoms with Gasteiger partial charge in [0.1, 0.15) is 29.7 Å². The molecule has 1 aromatic heterocycles. The molecule has 2 aromatic carbocycles. The fourth-order valence-corrected chi connectivity index (χ4v) is 7.19. The molecule has 3 aromatic rings. The molecule has 2 fully saturated rings. The number of aromatic amines is 1. The maximum Gasteiger partial charge on any atom is 0.380 e. The second-order valence-corrected chi connectivity index (χ2v) is 13.3. The lowest BCUT2D eigenvalue weighted by molar-refractivity contribution is -0.152. The molecular formula is C29H35N2O9PS. The Morgan fingerprint density at radius 2 is 1.98 bits per heavy atom. The van der Waals surface area contributed by atoms with Gasteiger partial charge in [0.25, 0.3) is 5.56 Å². The first kappa shape index (κ1) is 27.9. The molecule has 11 nitrogen and oxygen atoms in total. The lowest BCUT2D eigenvalue weighted by atomic mass is 9.96. The lowest BCUT2D eigenvalue weighted by Crippen LogP contribution is -2.44.